The van der Waals surface area contributed by atoms with Gasteiger partial charge in [0.15, 0.2) is 0 Å². The van der Waals surface area contributed by atoms with Crippen molar-refractivity contribution in [1.82, 2.24) is 14.8 Å². The second-order valence-corrected chi connectivity index (χ2v) is 12.1. The molecule has 0 unspecified atom stereocenters. The fraction of sp³-hybridized carbons (Fsp3) is 0.357. The molecule has 9 nitrogen and oxygen atoms in total. The van der Waals surface area contributed by atoms with E-state index in [0.717, 1.165) is 5.56 Å². The van der Waals surface area contributed by atoms with E-state index in [1.165, 1.54) is 30.3 Å². The van der Waals surface area contributed by atoms with Crippen molar-refractivity contribution in [3.63, 3.8) is 0 Å². The molecule has 1 aliphatic heterocycles. The minimum atomic E-state index is -3.92. The van der Waals surface area contributed by atoms with E-state index in [2.05, 4.69) is 14.6 Å². The maximum Gasteiger partial charge on any atom is 0.261 e. The van der Waals surface area contributed by atoms with Crippen LogP contribution >= 0.6 is 11.6 Å². The number of carbonyl (C=O) groups excluding carboxylic acids is 1. The number of carbonyl (C=O) groups is 1. The Hall–Kier alpha value is -3.18. The summed E-state index contributed by atoms with van der Waals surface area (Å²) in [5.74, 6) is -0.0213. The van der Waals surface area contributed by atoms with Crippen LogP contribution in [0.4, 0.5) is 5.69 Å². The van der Waals surface area contributed by atoms with Crippen LogP contribution in [0.3, 0.4) is 0 Å². The number of amides is 1. The van der Waals surface area contributed by atoms with Crippen LogP contribution < -0.4 is 9.46 Å². The highest BCUT2D eigenvalue weighted by Crippen LogP contribution is 2.31. The molecule has 2 N–H and O–H groups in total. The Balaban J connectivity index is 1.63. The van der Waals surface area contributed by atoms with E-state index in [1.54, 1.807) is 36.4 Å². The van der Waals surface area contributed by atoms with Crippen molar-refractivity contribution in [2.24, 2.45) is 5.92 Å². The first kappa shape index (κ1) is 28.8. The van der Waals surface area contributed by atoms with E-state index in [9.17, 15) is 18.3 Å². The number of hydrogen-bond donors (Lipinski definition) is 2. The summed E-state index contributed by atoms with van der Waals surface area (Å²) in [6.07, 6.45) is 3.24. The molecular weight excluding hydrogens is 540 g/mol. The van der Waals surface area contributed by atoms with Crippen LogP contribution in [0.1, 0.15) is 29.8 Å². The van der Waals surface area contributed by atoms with E-state index in [-0.39, 0.29) is 40.7 Å². The number of ether oxygens (including phenoxy) is 1. The van der Waals surface area contributed by atoms with Crippen LogP contribution in [0.5, 0.6) is 5.75 Å². The molecule has 0 fully saturated rings. The number of aliphatic hydroxyl groups is 1. The third-order valence-electron chi connectivity index (χ3n) is 6.73. The van der Waals surface area contributed by atoms with Gasteiger partial charge in [0, 0.05) is 48.7 Å². The van der Waals surface area contributed by atoms with Crippen molar-refractivity contribution < 1.29 is 23.1 Å². The van der Waals surface area contributed by atoms with E-state index in [0.29, 0.717) is 30.4 Å². The molecule has 208 valence electrons. The molecule has 0 aliphatic carbocycles. The van der Waals surface area contributed by atoms with Gasteiger partial charge >= 0.3 is 0 Å². The topological polar surface area (TPSA) is 112 Å². The van der Waals surface area contributed by atoms with Gasteiger partial charge in [0.1, 0.15) is 11.9 Å². The molecule has 39 heavy (non-hydrogen) atoms. The van der Waals surface area contributed by atoms with Gasteiger partial charge in [0.2, 0.25) is 0 Å². The first-order valence-corrected chi connectivity index (χ1v) is 14.5. The molecule has 4 rings (SSSR count). The van der Waals surface area contributed by atoms with Gasteiger partial charge in [-0.1, -0.05) is 18.5 Å². The maximum absolute atomic E-state index is 13.7. The van der Waals surface area contributed by atoms with Crippen molar-refractivity contribution in [2.75, 3.05) is 31.5 Å². The number of pyridine rings is 1. The summed E-state index contributed by atoms with van der Waals surface area (Å²) in [7, 11) is -1.91. The molecule has 1 amide bonds. The average molecular weight is 573 g/mol. The van der Waals surface area contributed by atoms with E-state index in [1.807, 2.05) is 26.1 Å². The molecule has 3 aromatic rings. The van der Waals surface area contributed by atoms with Gasteiger partial charge in [0.05, 0.1) is 23.1 Å². The zero-order chi connectivity index (χ0) is 28.2. The van der Waals surface area contributed by atoms with Gasteiger partial charge in [-0.05, 0) is 74.1 Å². The molecule has 0 saturated heterocycles. The Morgan fingerprint density at radius 2 is 1.87 bits per heavy atom. The molecule has 0 radical (unpaired) electrons. The summed E-state index contributed by atoms with van der Waals surface area (Å²) in [4.78, 5) is 21.5. The standard InChI is InChI=1S/C28H33ClN4O5S/c1-19-15-33(20(2)18-34)28(35)25-14-23(31-39(36,37)24-7-4-22(29)5-8-24)6-9-26(25)38-27(19)17-32(3)16-21-10-12-30-13-11-21/h4-14,19-20,27,31,34H,15-18H2,1-3H3/t19-,20-,27-/m1/s1. The Morgan fingerprint density at radius 3 is 2.54 bits per heavy atom. The summed E-state index contributed by atoms with van der Waals surface area (Å²) in [6, 6.07) is 14.0. The smallest absolute Gasteiger partial charge is 0.261 e. The minimum absolute atomic E-state index is 0.0425. The molecule has 2 heterocycles. The Bertz CT molecular complexity index is 1390. The molecule has 2 aromatic carbocycles. The number of anilines is 1. The number of likely N-dealkylation sites (N-methyl/N-ethyl adjacent to an activating group) is 1. The van der Waals surface area contributed by atoms with Crippen molar-refractivity contribution in [2.45, 2.75) is 37.4 Å². The number of rotatable bonds is 9. The van der Waals surface area contributed by atoms with Crippen LogP contribution in [0.25, 0.3) is 0 Å². The third kappa shape index (κ3) is 7.07. The number of fused-ring (bicyclic) bond motifs is 1. The van der Waals surface area contributed by atoms with Crippen LogP contribution in [-0.4, -0.2) is 73.1 Å². The number of halogens is 1. The minimum Gasteiger partial charge on any atom is -0.488 e. The second-order valence-electron chi connectivity index (χ2n) is 9.95. The number of aromatic nitrogens is 1. The predicted molar refractivity (Wildman–Crippen MR) is 150 cm³/mol. The number of nitrogens with zero attached hydrogens (tertiary/aromatic N) is 3. The summed E-state index contributed by atoms with van der Waals surface area (Å²) in [6.45, 7) is 5.25. The number of sulfonamides is 1. The van der Waals surface area contributed by atoms with Crippen LogP contribution in [-0.2, 0) is 16.6 Å². The number of aliphatic hydroxyl groups excluding tert-OH is 1. The highest BCUT2D eigenvalue weighted by Gasteiger charge is 2.33. The van der Waals surface area contributed by atoms with Gasteiger partial charge in [-0.15, -0.1) is 0 Å². The normalized spacial score (nSPS) is 18.6. The zero-order valence-corrected chi connectivity index (χ0v) is 23.7. The van der Waals surface area contributed by atoms with Crippen molar-refractivity contribution in [3.05, 3.63) is 83.1 Å². The molecule has 3 atom stereocenters. The maximum atomic E-state index is 13.7. The third-order valence-corrected chi connectivity index (χ3v) is 8.38. The summed E-state index contributed by atoms with van der Waals surface area (Å²) < 4.78 is 34.8. The lowest BCUT2D eigenvalue weighted by Gasteiger charge is -2.38. The molecule has 1 aromatic heterocycles. The SMILES string of the molecule is C[C@@H]1CN([C@H](C)CO)C(=O)c2cc(NS(=O)(=O)c3ccc(Cl)cc3)ccc2O[C@@H]1CN(C)Cc1ccncc1. The van der Waals surface area contributed by atoms with Gasteiger partial charge < -0.3 is 14.7 Å². The summed E-state index contributed by atoms with van der Waals surface area (Å²) in [5.41, 5.74) is 1.56. The van der Waals surface area contributed by atoms with E-state index >= 15 is 0 Å². The molecule has 11 heteroatoms. The highest BCUT2D eigenvalue weighted by molar-refractivity contribution is 7.92. The summed E-state index contributed by atoms with van der Waals surface area (Å²) in [5, 5.41) is 10.3. The largest absolute Gasteiger partial charge is 0.488 e. The number of hydrogen-bond acceptors (Lipinski definition) is 7. The average Bonchev–Trinajstić information content (AvgIpc) is 2.91. The van der Waals surface area contributed by atoms with Crippen LogP contribution in [0, 0.1) is 5.92 Å². The lowest BCUT2D eigenvalue weighted by Crippen LogP contribution is -2.49. The first-order valence-electron chi connectivity index (χ1n) is 12.7. The first-order chi connectivity index (χ1) is 18.6. The fourth-order valence-electron chi connectivity index (χ4n) is 4.50. The van der Waals surface area contributed by atoms with Crippen molar-refractivity contribution in [3.8, 4) is 5.75 Å². The van der Waals surface area contributed by atoms with Gasteiger partial charge in [-0.2, -0.15) is 0 Å². The lowest BCUT2D eigenvalue weighted by atomic mass is 9.99. The monoisotopic (exact) mass is 572 g/mol. The molecular formula is C28H33ClN4O5S. The number of benzene rings is 2. The molecule has 0 saturated carbocycles. The second kappa shape index (κ2) is 12.3. The Kier molecular flexibility index (Phi) is 9.12. The number of nitrogens with one attached hydrogen (secondary N) is 1. The van der Waals surface area contributed by atoms with Crippen molar-refractivity contribution in [1.29, 1.82) is 0 Å². The molecule has 0 spiro atoms. The quantitative estimate of drug-likeness (QED) is 0.400. The Morgan fingerprint density at radius 1 is 1.18 bits per heavy atom. The van der Waals surface area contributed by atoms with Crippen LogP contribution in [0.15, 0.2) is 71.9 Å². The van der Waals surface area contributed by atoms with E-state index in [4.69, 9.17) is 16.3 Å². The lowest BCUT2D eigenvalue weighted by molar-refractivity contribution is 0.0341. The predicted octanol–water partition coefficient (Wildman–Crippen LogP) is 3.89. The van der Waals surface area contributed by atoms with Crippen LogP contribution in [0.2, 0.25) is 5.02 Å². The highest BCUT2D eigenvalue weighted by atomic mass is 35.5. The fourth-order valence-corrected chi connectivity index (χ4v) is 5.68. The van der Waals surface area contributed by atoms with Gasteiger partial charge in [-0.25, -0.2) is 8.42 Å². The zero-order valence-electron chi connectivity index (χ0n) is 22.1. The van der Waals surface area contributed by atoms with Gasteiger partial charge in [-0.3, -0.25) is 19.4 Å². The summed E-state index contributed by atoms with van der Waals surface area (Å²) >= 11 is 5.90. The van der Waals surface area contributed by atoms with Gasteiger partial charge in [0.25, 0.3) is 15.9 Å². The molecule has 0 bridgehead atoms. The van der Waals surface area contributed by atoms with E-state index < -0.39 is 16.1 Å². The molecule has 1 aliphatic rings. The Labute approximate surface area is 234 Å². The van der Waals surface area contributed by atoms with Crippen molar-refractivity contribution >= 4 is 33.2 Å².